The minimum Gasteiger partial charge on any atom is -0.480 e. The summed E-state index contributed by atoms with van der Waals surface area (Å²) >= 11 is 1.37. The molecule has 39 heavy (non-hydrogen) atoms. The molecule has 1 aromatic heterocycles. The Morgan fingerprint density at radius 3 is 2.59 bits per heavy atom. The van der Waals surface area contributed by atoms with E-state index < -0.39 is 21.8 Å². The van der Waals surface area contributed by atoms with E-state index in [0.717, 1.165) is 75.7 Å². The molecule has 6 nitrogen and oxygen atoms in total. The molecule has 2 saturated heterocycles. The second kappa shape index (κ2) is 11.2. The van der Waals surface area contributed by atoms with E-state index in [4.69, 9.17) is 0 Å². The van der Waals surface area contributed by atoms with Crippen molar-refractivity contribution in [1.29, 1.82) is 0 Å². The van der Waals surface area contributed by atoms with Gasteiger partial charge in [-0.2, -0.15) is 0 Å². The lowest BCUT2D eigenvalue weighted by Gasteiger charge is -2.36. The summed E-state index contributed by atoms with van der Waals surface area (Å²) in [5, 5.41) is 11.6. The number of carboxylic acid groups (broad SMARTS) is 1. The molecule has 4 heterocycles. The van der Waals surface area contributed by atoms with E-state index in [0.29, 0.717) is 35.6 Å². The number of rotatable bonds is 9. The monoisotopic (exact) mass is 574 g/mol. The van der Waals surface area contributed by atoms with Crippen molar-refractivity contribution in [1.82, 2.24) is 9.80 Å². The van der Waals surface area contributed by atoms with E-state index in [2.05, 4.69) is 9.80 Å². The molecule has 3 fully saturated rings. The first kappa shape index (κ1) is 27.4. The van der Waals surface area contributed by atoms with Crippen LogP contribution in [0.5, 0.6) is 0 Å². The van der Waals surface area contributed by atoms with Crippen LogP contribution in [0.2, 0.25) is 0 Å². The number of piperidine rings is 1. The van der Waals surface area contributed by atoms with Gasteiger partial charge >= 0.3 is 5.97 Å². The van der Waals surface area contributed by atoms with Crippen LogP contribution in [-0.4, -0.2) is 73.3 Å². The molecular weight excluding hydrogens is 535 g/mol. The third kappa shape index (κ3) is 5.97. The molecule has 1 aliphatic carbocycles. The fourth-order valence-corrected chi connectivity index (χ4v) is 10.8. The van der Waals surface area contributed by atoms with Gasteiger partial charge in [0, 0.05) is 25.6 Å². The van der Waals surface area contributed by atoms with Crippen LogP contribution in [0.4, 0.5) is 4.39 Å². The molecule has 1 saturated carbocycles. The molecule has 1 unspecified atom stereocenters. The Labute approximate surface area is 235 Å². The first-order chi connectivity index (χ1) is 18.8. The van der Waals surface area contributed by atoms with Gasteiger partial charge in [0.05, 0.1) is 5.25 Å². The van der Waals surface area contributed by atoms with Crippen molar-refractivity contribution < 1.29 is 22.7 Å². The lowest BCUT2D eigenvalue weighted by Crippen LogP contribution is -2.42. The number of carbonyl (C=O) groups is 1. The standard InChI is InChI=1S/C30H39FN2O4S2/c31-25-3-1-2-23(16-25)27-19-33(28(29(34)35)15-20-4-5-20)18-24(27)17-32-11-8-21(9-12-32)14-26-7-6-22-10-13-38-30(22)39(26,36)37/h1-3,10,13,16,20-21,24,26-28H,4-9,11-12,14-15,17-19H2,(H,34,35)/t24-,26?,27+,28+/m0/s1. The number of aliphatic carboxylic acids is 1. The number of aryl methyl sites for hydroxylation is 1. The summed E-state index contributed by atoms with van der Waals surface area (Å²) in [6.45, 7) is 4.09. The van der Waals surface area contributed by atoms with Gasteiger partial charge in [-0.25, -0.2) is 12.8 Å². The van der Waals surface area contributed by atoms with Crippen LogP contribution >= 0.6 is 11.3 Å². The van der Waals surface area contributed by atoms with Crippen LogP contribution in [0.15, 0.2) is 39.9 Å². The van der Waals surface area contributed by atoms with Gasteiger partial charge in [-0.15, -0.1) is 11.3 Å². The third-order valence-corrected chi connectivity index (χ3v) is 13.5. The molecule has 1 N–H and O–H groups in total. The quantitative estimate of drug-likeness (QED) is 0.452. The molecule has 1 aromatic carbocycles. The van der Waals surface area contributed by atoms with E-state index in [1.54, 1.807) is 12.1 Å². The number of hydrogen-bond donors (Lipinski definition) is 1. The molecular formula is C30H39FN2O4S2. The molecule has 4 aliphatic rings. The SMILES string of the molecule is O=C(O)[C@@H](CC1CC1)N1C[C@H](CN2CCC(CC3CCc4ccsc4S3(=O)=O)CC2)[C@@H](c2cccc(F)c2)C1. The molecule has 3 aliphatic heterocycles. The maximum absolute atomic E-state index is 14.2. The van der Waals surface area contributed by atoms with Crippen molar-refractivity contribution in [2.45, 2.75) is 72.8 Å². The zero-order valence-corrected chi connectivity index (χ0v) is 24.0. The van der Waals surface area contributed by atoms with Crippen LogP contribution in [0.3, 0.4) is 0 Å². The Hall–Kier alpha value is -1.81. The summed E-state index contributed by atoms with van der Waals surface area (Å²) in [6.07, 6.45) is 7.27. The van der Waals surface area contributed by atoms with Crippen molar-refractivity contribution in [2.75, 3.05) is 32.7 Å². The summed E-state index contributed by atoms with van der Waals surface area (Å²) in [6, 6.07) is 8.32. The molecule has 9 heteroatoms. The smallest absolute Gasteiger partial charge is 0.320 e. The molecule has 212 valence electrons. The van der Waals surface area contributed by atoms with Gasteiger partial charge in [0.15, 0.2) is 9.84 Å². The van der Waals surface area contributed by atoms with E-state index in [1.807, 2.05) is 17.5 Å². The highest BCUT2D eigenvalue weighted by Gasteiger charge is 2.42. The van der Waals surface area contributed by atoms with Gasteiger partial charge < -0.3 is 10.0 Å². The highest BCUT2D eigenvalue weighted by molar-refractivity contribution is 7.94. The maximum atomic E-state index is 14.2. The summed E-state index contributed by atoms with van der Waals surface area (Å²) in [5.41, 5.74) is 1.95. The zero-order chi connectivity index (χ0) is 27.1. The van der Waals surface area contributed by atoms with Crippen LogP contribution in [0.25, 0.3) is 0 Å². The van der Waals surface area contributed by atoms with Crippen LogP contribution in [0, 0.1) is 23.6 Å². The molecule has 0 radical (unpaired) electrons. The Balaban J connectivity index is 1.09. The predicted molar refractivity (Wildman–Crippen MR) is 150 cm³/mol. The Morgan fingerprint density at radius 2 is 1.87 bits per heavy atom. The Morgan fingerprint density at radius 1 is 1.08 bits per heavy atom. The molecule has 0 spiro atoms. The van der Waals surface area contributed by atoms with Crippen LogP contribution in [0.1, 0.15) is 62.0 Å². The number of carboxylic acids is 1. The van der Waals surface area contributed by atoms with Crippen LogP contribution < -0.4 is 0 Å². The van der Waals surface area contributed by atoms with Gasteiger partial charge in [0.1, 0.15) is 16.1 Å². The topological polar surface area (TPSA) is 77.9 Å². The number of fused-ring (bicyclic) bond motifs is 1. The molecule has 4 atom stereocenters. The fourth-order valence-electron chi connectivity index (χ4n) is 7.27. The molecule has 2 aromatic rings. The lowest BCUT2D eigenvalue weighted by molar-refractivity contribution is -0.143. The Bertz CT molecular complexity index is 1290. The maximum Gasteiger partial charge on any atom is 0.320 e. The van der Waals surface area contributed by atoms with Crippen LogP contribution in [-0.2, 0) is 21.1 Å². The van der Waals surface area contributed by atoms with E-state index in [1.165, 1.54) is 17.4 Å². The number of hydrogen-bond acceptors (Lipinski definition) is 6. The molecule has 6 rings (SSSR count). The zero-order valence-electron chi connectivity index (χ0n) is 22.4. The number of sulfone groups is 1. The minimum atomic E-state index is -3.22. The largest absolute Gasteiger partial charge is 0.480 e. The second-order valence-corrected chi connectivity index (χ2v) is 15.7. The van der Waals surface area contributed by atoms with Crippen molar-refractivity contribution in [2.24, 2.45) is 17.8 Å². The van der Waals surface area contributed by atoms with Gasteiger partial charge in [0.25, 0.3) is 0 Å². The van der Waals surface area contributed by atoms with Crippen molar-refractivity contribution in [3.8, 4) is 0 Å². The van der Waals surface area contributed by atoms with E-state index in [-0.39, 0.29) is 22.9 Å². The van der Waals surface area contributed by atoms with E-state index >= 15 is 0 Å². The average molecular weight is 575 g/mol. The average Bonchev–Trinajstić information content (AvgIpc) is 3.42. The van der Waals surface area contributed by atoms with Crippen molar-refractivity contribution >= 4 is 27.1 Å². The minimum absolute atomic E-state index is 0.104. The highest BCUT2D eigenvalue weighted by atomic mass is 32.2. The number of benzene rings is 1. The third-order valence-electron chi connectivity index (χ3n) is 9.66. The lowest BCUT2D eigenvalue weighted by atomic mass is 9.86. The first-order valence-electron chi connectivity index (χ1n) is 14.5. The van der Waals surface area contributed by atoms with Gasteiger partial charge in [0.2, 0.25) is 0 Å². The summed E-state index contributed by atoms with van der Waals surface area (Å²) in [7, 11) is -3.22. The Kier molecular flexibility index (Phi) is 7.87. The molecule has 0 bridgehead atoms. The second-order valence-electron chi connectivity index (χ2n) is 12.3. The fraction of sp³-hybridized carbons (Fsp3) is 0.633. The summed E-state index contributed by atoms with van der Waals surface area (Å²) < 4.78 is 41.1. The number of nitrogens with zero attached hydrogens (tertiary/aromatic N) is 2. The van der Waals surface area contributed by atoms with Crippen molar-refractivity contribution in [3.05, 3.63) is 52.7 Å². The number of likely N-dealkylation sites (tertiary alicyclic amines) is 2. The summed E-state index contributed by atoms with van der Waals surface area (Å²) in [4.78, 5) is 16.8. The predicted octanol–water partition coefficient (Wildman–Crippen LogP) is 5.05. The number of thiophene rings is 1. The van der Waals surface area contributed by atoms with E-state index in [9.17, 15) is 22.7 Å². The van der Waals surface area contributed by atoms with Gasteiger partial charge in [-0.1, -0.05) is 25.0 Å². The van der Waals surface area contributed by atoms with Gasteiger partial charge in [-0.3, -0.25) is 9.69 Å². The molecule has 0 amide bonds. The highest BCUT2D eigenvalue weighted by Crippen LogP contribution is 2.41. The number of halogens is 1. The summed E-state index contributed by atoms with van der Waals surface area (Å²) in [5.74, 6) is 0.291. The first-order valence-corrected chi connectivity index (χ1v) is 17.0. The normalized spacial score (nSPS) is 28.8. The van der Waals surface area contributed by atoms with Crippen molar-refractivity contribution in [3.63, 3.8) is 0 Å². The van der Waals surface area contributed by atoms with Gasteiger partial charge in [-0.05, 0) is 104 Å².